The monoisotopic (exact) mass is 340 g/mol. The van der Waals surface area contributed by atoms with Gasteiger partial charge >= 0.3 is 0 Å². The van der Waals surface area contributed by atoms with Crippen LogP contribution in [0.1, 0.15) is 32.1 Å². The van der Waals surface area contributed by atoms with Crippen LogP contribution >= 0.6 is 0 Å². The van der Waals surface area contributed by atoms with E-state index in [0.29, 0.717) is 24.7 Å². The van der Waals surface area contributed by atoms with E-state index in [0.717, 1.165) is 18.5 Å². The molecule has 4 rings (SSSR count). The van der Waals surface area contributed by atoms with Crippen LogP contribution < -0.4 is 5.32 Å². The lowest BCUT2D eigenvalue weighted by Crippen LogP contribution is -2.35. The van der Waals surface area contributed by atoms with Gasteiger partial charge in [0.2, 0.25) is 11.8 Å². The average Bonchev–Trinajstić information content (AvgIpc) is 3.37. The molecule has 1 saturated heterocycles. The zero-order chi connectivity index (χ0) is 17.2. The van der Waals surface area contributed by atoms with Crippen molar-refractivity contribution in [1.82, 2.24) is 25.1 Å². The molecule has 2 heterocycles. The number of carbonyl (C=O) groups excluding carboxylic acids is 2. The molecule has 1 aliphatic carbocycles. The van der Waals surface area contributed by atoms with Gasteiger partial charge in [0.15, 0.2) is 0 Å². The van der Waals surface area contributed by atoms with Crippen molar-refractivity contribution in [3.63, 3.8) is 0 Å². The maximum absolute atomic E-state index is 12.5. The first-order valence-electron chi connectivity index (χ1n) is 8.64. The Labute approximate surface area is 145 Å². The number of benzene rings is 1. The SMILES string of the molecule is O=C(Nc1ccc(-n2cnnn2)cc1)[C@H]1CC(=O)N(C2CCCC2)C1. The van der Waals surface area contributed by atoms with E-state index in [2.05, 4.69) is 20.8 Å². The summed E-state index contributed by atoms with van der Waals surface area (Å²) < 4.78 is 1.54. The smallest absolute Gasteiger partial charge is 0.229 e. The molecule has 1 aromatic carbocycles. The van der Waals surface area contributed by atoms with Crippen molar-refractivity contribution in [2.75, 3.05) is 11.9 Å². The van der Waals surface area contributed by atoms with E-state index < -0.39 is 0 Å². The second-order valence-corrected chi connectivity index (χ2v) is 6.68. The number of hydrogen-bond acceptors (Lipinski definition) is 5. The van der Waals surface area contributed by atoms with Crippen molar-refractivity contribution >= 4 is 17.5 Å². The minimum Gasteiger partial charge on any atom is -0.339 e. The molecule has 1 N–H and O–H groups in total. The van der Waals surface area contributed by atoms with Gasteiger partial charge in [0, 0.05) is 24.7 Å². The molecule has 2 amide bonds. The molecular formula is C17H20N6O2. The van der Waals surface area contributed by atoms with E-state index in [1.165, 1.54) is 19.2 Å². The second kappa shape index (κ2) is 6.62. The van der Waals surface area contributed by atoms with E-state index in [-0.39, 0.29) is 17.7 Å². The molecule has 25 heavy (non-hydrogen) atoms. The van der Waals surface area contributed by atoms with E-state index >= 15 is 0 Å². The number of aromatic nitrogens is 4. The molecule has 8 heteroatoms. The summed E-state index contributed by atoms with van der Waals surface area (Å²) in [5, 5.41) is 13.9. The Hall–Kier alpha value is -2.77. The van der Waals surface area contributed by atoms with Crippen LogP contribution in [0.15, 0.2) is 30.6 Å². The molecule has 2 aromatic rings. The Kier molecular flexibility index (Phi) is 4.17. The lowest BCUT2D eigenvalue weighted by molar-refractivity contribution is -0.129. The lowest BCUT2D eigenvalue weighted by Gasteiger charge is -2.23. The highest BCUT2D eigenvalue weighted by Crippen LogP contribution is 2.30. The molecule has 130 valence electrons. The fourth-order valence-electron chi connectivity index (χ4n) is 3.70. The summed E-state index contributed by atoms with van der Waals surface area (Å²) in [6, 6.07) is 7.61. The molecule has 0 bridgehead atoms. The number of likely N-dealkylation sites (tertiary alicyclic amines) is 1. The van der Waals surface area contributed by atoms with E-state index in [1.807, 2.05) is 17.0 Å². The van der Waals surface area contributed by atoms with Crippen molar-refractivity contribution in [2.45, 2.75) is 38.1 Å². The molecule has 0 spiro atoms. The van der Waals surface area contributed by atoms with E-state index in [1.54, 1.807) is 16.8 Å². The van der Waals surface area contributed by atoms with Gasteiger partial charge in [-0.25, -0.2) is 4.68 Å². The fraction of sp³-hybridized carbons (Fsp3) is 0.471. The number of nitrogens with one attached hydrogen (secondary N) is 1. The van der Waals surface area contributed by atoms with Crippen molar-refractivity contribution < 1.29 is 9.59 Å². The number of tetrazole rings is 1. The Bertz CT molecular complexity index is 752. The summed E-state index contributed by atoms with van der Waals surface area (Å²) >= 11 is 0. The van der Waals surface area contributed by atoms with Crippen molar-refractivity contribution in [2.24, 2.45) is 5.92 Å². The Balaban J connectivity index is 1.38. The molecule has 1 aromatic heterocycles. The van der Waals surface area contributed by atoms with Crippen LogP contribution in [0.5, 0.6) is 0 Å². The minimum absolute atomic E-state index is 0.0935. The summed E-state index contributed by atoms with van der Waals surface area (Å²) in [4.78, 5) is 26.7. The fourth-order valence-corrected chi connectivity index (χ4v) is 3.70. The molecule has 1 aliphatic heterocycles. The topological polar surface area (TPSA) is 93.0 Å². The molecule has 2 fully saturated rings. The number of nitrogens with zero attached hydrogens (tertiary/aromatic N) is 5. The largest absolute Gasteiger partial charge is 0.339 e. The van der Waals surface area contributed by atoms with Gasteiger partial charge in [-0.15, -0.1) is 5.10 Å². The molecule has 0 radical (unpaired) electrons. The van der Waals surface area contributed by atoms with Crippen LogP contribution in [0.25, 0.3) is 5.69 Å². The number of amides is 2. The maximum atomic E-state index is 12.5. The molecule has 8 nitrogen and oxygen atoms in total. The number of carbonyl (C=O) groups is 2. The van der Waals surface area contributed by atoms with Crippen LogP contribution in [0.4, 0.5) is 5.69 Å². The van der Waals surface area contributed by atoms with Gasteiger partial charge in [0.05, 0.1) is 11.6 Å². The highest BCUT2D eigenvalue weighted by molar-refractivity contribution is 5.97. The predicted octanol–water partition coefficient (Wildman–Crippen LogP) is 1.39. The Morgan fingerprint density at radius 1 is 1.16 bits per heavy atom. The predicted molar refractivity (Wildman–Crippen MR) is 89.9 cm³/mol. The van der Waals surface area contributed by atoms with Crippen LogP contribution in [-0.4, -0.2) is 49.5 Å². The highest BCUT2D eigenvalue weighted by atomic mass is 16.2. The minimum atomic E-state index is -0.271. The van der Waals surface area contributed by atoms with Crippen LogP contribution in [0.3, 0.4) is 0 Å². The summed E-state index contributed by atoms with van der Waals surface area (Å²) in [7, 11) is 0. The molecule has 0 unspecified atom stereocenters. The summed E-state index contributed by atoms with van der Waals surface area (Å²) in [5.74, 6) is -0.252. The molecule has 2 aliphatic rings. The zero-order valence-corrected chi connectivity index (χ0v) is 13.8. The Morgan fingerprint density at radius 3 is 2.60 bits per heavy atom. The molecule has 1 saturated carbocycles. The lowest BCUT2D eigenvalue weighted by atomic mass is 10.1. The normalized spacial score (nSPS) is 21.0. The summed E-state index contributed by atoms with van der Waals surface area (Å²) in [6.45, 7) is 0.540. The van der Waals surface area contributed by atoms with Crippen molar-refractivity contribution in [1.29, 1.82) is 0 Å². The third kappa shape index (κ3) is 3.24. The van der Waals surface area contributed by atoms with Gasteiger partial charge in [-0.2, -0.15) is 0 Å². The van der Waals surface area contributed by atoms with Gasteiger partial charge in [0.1, 0.15) is 6.33 Å². The summed E-state index contributed by atoms with van der Waals surface area (Å²) in [6.07, 6.45) is 6.32. The average molecular weight is 340 g/mol. The molecular weight excluding hydrogens is 320 g/mol. The summed E-state index contributed by atoms with van der Waals surface area (Å²) in [5.41, 5.74) is 1.51. The highest BCUT2D eigenvalue weighted by Gasteiger charge is 2.38. The first kappa shape index (κ1) is 15.7. The zero-order valence-electron chi connectivity index (χ0n) is 13.8. The van der Waals surface area contributed by atoms with Crippen LogP contribution in [0.2, 0.25) is 0 Å². The van der Waals surface area contributed by atoms with E-state index in [4.69, 9.17) is 0 Å². The van der Waals surface area contributed by atoms with Crippen molar-refractivity contribution in [3.8, 4) is 5.69 Å². The standard InChI is InChI=1S/C17H20N6O2/c24-16-9-12(10-22(16)14-3-1-2-4-14)17(25)19-13-5-7-15(8-6-13)23-11-18-20-21-23/h5-8,11-12,14H,1-4,9-10H2,(H,19,25)/t12-/m0/s1. The quantitative estimate of drug-likeness (QED) is 0.908. The molecule has 1 atom stereocenters. The third-order valence-electron chi connectivity index (χ3n) is 5.04. The van der Waals surface area contributed by atoms with Crippen molar-refractivity contribution in [3.05, 3.63) is 30.6 Å². The number of rotatable bonds is 4. The Morgan fingerprint density at radius 2 is 1.92 bits per heavy atom. The van der Waals surface area contributed by atoms with Gasteiger partial charge in [0.25, 0.3) is 0 Å². The van der Waals surface area contributed by atoms with E-state index in [9.17, 15) is 9.59 Å². The van der Waals surface area contributed by atoms with Gasteiger partial charge in [-0.05, 0) is 47.5 Å². The van der Waals surface area contributed by atoms with Gasteiger partial charge in [-0.1, -0.05) is 12.8 Å². The second-order valence-electron chi connectivity index (χ2n) is 6.68. The first-order valence-corrected chi connectivity index (χ1v) is 8.64. The van der Waals surface area contributed by atoms with Crippen LogP contribution in [0, 0.1) is 5.92 Å². The maximum Gasteiger partial charge on any atom is 0.229 e. The third-order valence-corrected chi connectivity index (χ3v) is 5.04. The first-order chi connectivity index (χ1) is 12.2. The number of anilines is 1. The van der Waals surface area contributed by atoms with Gasteiger partial charge in [-0.3, -0.25) is 9.59 Å². The van der Waals surface area contributed by atoms with Crippen LogP contribution in [-0.2, 0) is 9.59 Å². The van der Waals surface area contributed by atoms with Gasteiger partial charge < -0.3 is 10.2 Å². The number of hydrogen-bond donors (Lipinski definition) is 1.